The quantitative estimate of drug-likeness (QED) is 0.861. The molecule has 3 rings (SSSR count). The minimum Gasteiger partial charge on any atom is -0.310 e. The van der Waals surface area contributed by atoms with Crippen molar-refractivity contribution in [2.45, 2.75) is 55.9 Å². The average molecular weight is 261 g/mol. The van der Waals surface area contributed by atoms with Crippen LogP contribution in [0.1, 0.15) is 49.1 Å². The number of hydrogen-bond donors (Lipinski definition) is 1. The van der Waals surface area contributed by atoms with Crippen molar-refractivity contribution < 1.29 is 0 Å². The van der Waals surface area contributed by atoms with Crippen LogP contribution in [-0.4, -0.2) is 17.5 Å². The molecule has 2 aliphatic rings. The number of nitrogens with one attached hydrogen (secondary N) is 1. The molecule has 0 heterocycles. The molecule has 0 aliphatic heterocycles. The van der Waals surface area contributed by atoms with Gasteiger partial charge in [-0.05, 0) is 55.4 Å². The Balaban J connectivity index is 1.57. The monoisotopic (exact) mass is 261 g/mol. The zero-order chi connectivity index (χ0) is 12.4. The third-order valence-corrected chi connectivity index (χ3v) is 5.47. The van der Waals surface area contributed by atoms with Gasteiger partial charge in [-0.25, -0.2) is 0 Å². The first-order valence-electron chi connectivity index (χ1n) is 7.21. The van der Waals surface area contributed by atoms with Crippen molar-refractivity contribution in [3.05, 3.63) is 35.4 Å². The fraction of sp³-hybridized carbons (Fsp3) is 0.625. The molecule has 2 heteroatoms. The first-order chi connectivity index (χ1) is 8.86. The fourth-order valence-electron chi connectivity index (χ4n) is 3.08. The molecule has 0 amide bonds. The Bertz CT molecular complexity index is 400. The van der Waals surface area contributed by atoms with Gasteiger partial charge in [0.25, 0.3) is 0 Å². The standard InChI is InChI=1S/C16H23NS/c1-18-15-9-8-14(10-15)17-11-13-4-2-3-5-16(13)12-6-7-12/h2-5,12,14-15,17H,6-11H2,1H3. The summed E-state index contributed by atoms with van der Waals surface area (Å²) in [5.74, 6) is 0.866. The zero-order valence-electron chi connectivity index (χ0n) is 11.2. The lowest BCUT2D eigenvalue weighted by atomic mass is 10.0. The number of rotatable bonds is 5. The molecule has 0 spiro atoms. The Morgan fingerprint density at radius 3 is 2.72 bits per heavy atom. The van der Waals surface area contributed by atoms with E-state index in [0.29, 0.717) is 0 Å². The van der Waals surface area contributed by atoms with Crippen molar-refractivity contribution in [3.63, 3.8) is 0 Å². The summed E-state index contributed by atoms with van der Waals surface area (Å²) in [5, 5.41) is 4.66. The summed E-state index contributed by atoms with van der Waals surface area (Å²) in [6.45, 7) is 1.07. The van der Waals surface area contributed by atoms with Crippen LogP contribution in [-0.2, 0) is 6.54 Å². The molecule has 1 N–H and O–H groups in total. The summed E-state index contributed by atoms with van der Waals surface area (Å²) in [7, 11) is 0. The minimum absolute atomic E-state index is 0.745. The summed E-state index contributed by atoms with van der Waals surface area (Å²) in [4.78, 5) is 0. The smallest absolute Gasteiger partial charge is 0.0210 e. The first kappa shape index (κ1) is 12.6. The van der Waals surface area contributed by atoms with Gasteiger partial charge in [-0.2, -0.15) is 11.8 Å². The lowest BCUT2D eigenvalue weighted by Gasteiger charge is -2.15. The van der Waals surface area contributed by atoms with Gasteiger partial charge >= 0.3 is 0 Å². The molecule has 1 nitrogen and oxygen atoms in total. The van der Waals surface area contributed by atoms with Gasteiger partial charge in [0, 0.05) is 17.8 Å². The highest BCUT2D eigenvalue weighted by Gasteiger charge is 2.27. The molecule has 18 heavy (non-hydrogen) atoms. The summed E-state index contributed by atoms with van der Waals surface area (Å²) in [6, 6.07) is 9.75. The third kappa shape index (κ3) is 2.92. The molecule has 2 aliphatic carbocycles. The molecule has 98 valence electrons. The van der Waals surface area contributed by atoms with Crippen molar-refractivity contribution in [2.75, 3.05) is 6.26 Å². The van der Waals surface area contributed by atoms with Crippen LogP contribution in [0.3, 0.4) is 0 Å². The maximum atomic E-state index is 3.77. The normalized spacial score (nSPS) is 27.6. The summed E-state index contributed by atoms with van der Waals surface area (Å²) >= 11 is 2.04. The van der Waals surface area contributed by atoms with Crippen molar-refractivity contribution in [1.82, 2.24) is 5.32 Å². The van der Waals surface area contributed by atoms with Crippen LogP contribution >= 0.6 is 11.8 Å². The van der Waals surface area contributed by atoms with E-state index in [1.807, 2.05) is 11.8 Å². The van der Waals surface area contributed by atoms with E-state index in [-0.39, 0.29) is 0 Å². The Morgan fingerprint density at radius 2 is 2.00 bits per heavy atom. The second kappa shape index (κ2) is 5.66. The molecule has 0 radical (unpaired) electrons. The van der Waals surface area contributed by atoms with Gasteiger partial charge in [0.05, 0.1) is 0 Å². The number of benzene rings is 1. The highest BCUT2D eigenvalue weighted by Crippen LogP contribution is 2.41. The molecular formula is C16H23NS. The molecule has 2 atom stereocenters. The van der Waals surface area contributed by atoms with Crippen LogP contribution in [0.15, 0.2) is 24.3 Å². The summed E-state index contributed by atoms with van der Waals surface area (Å²) in [5.41, 5.74) is 3.14. The van der Waals surface area contributed by atoms with Crippen LogP contribution in [0.5, 0.6) is 0 Å². The van der Waals surface area contributed by atoms with Crippen molar-refractivity contribution >= 4 is 11.8 Å². The third-order valence-electron chi connectivity index (χ3n) is 4.37. The molecule has 0 bridgehead atoms. The highest BCUT2D eigenvalue weighted by atomic mass is 32.2. The Morgan fingerprint density at radius 1 is 1.17 bits per heavy atom. The SMILES string of the molecule is CSC1CCC(NCc2ccccc2C2CC2)C1. The summed E-state index contributed by atoms with van der Waals surface area (Å²) < 4.78 is 0. The van der Waals surface area contributed by atoms with Crippen LogP contribution in [0.4, 0.5) is 0 Å². The molecule has 0 aromatic heterocycles. The van der Waals surface area contributed by atoms with Crippen LogP contribution < -0.4 is 5.32 Å². The van der Waals surface area contributed by atoms with Gasteiger partial charge in [0.15, 0.2) is 0 Å². The molecule has 1 aromatic rings. The maximum absolute atomic E-state index is 3.77. The van der Waals surface area contributed by atoms with Crippen LogP contribution in [0.2, 0.25) is 0 Å². The van der Waals surface area contributed by atoms with E-state index in [0.717, 1.165) is 23.8 Å². The van der Waals surface area contributed by atoms with Crippen LogP contribution in [0, 0.1) is 0 Å². The minimum atomic E-state index is 0.745. The lowest BCUT2D eigenvalue weighted by Crippen LogP contribution is -2.26. The van der Waals surface area contributed by atoms with Gasteiger partial charge < -0.3 is 5.32 Å². The van der Waals surface area contributed by atoms with E-state index in [1.165, 1.54) is 37.7 Å². The number of hydrogen-bond acceptors (Lipinski definition) is 2. The fourth-order valence-corrected chi connectivity index (χ4v) is 3.88. The molecule has 2 saturated carbocycles. The highest BCUT2D eigenvalue weighted by molar-refractivity contribution is 7.99. The molecule has 2 unspecified atom stereocenters. The second-order valence-electron chi connectivity index (χ2n) is 5.72. The van der Waals surface area contributed by atoms with Crippen molar-refractivity contribution in [3.8, 4) is 0 Å². The zero-order valence-corrected chi connectivity index (χ0v) is 12.0. The number of thioether (sulfide) groups is 1. The van der Waals surface area contributed by atoms with E-state index in [4.69, 9.17) is 0 Å². The Kier molecular flexibility index (Phi) is 3.95. The molecule has 1 aromatic carbocycles. The molecular weight excluding hydrogens is 238 g/mol. The maximum Gasteiger partial charge on any atom is 0.0210 e. The van der Waals surface area contributed by atoms with Gasteiger partial charge in [0.2, 0.25) is 0 Å². The van der Waals surface area contributed by atoms with Gasteiger partial charge in [0.1, 0.15) is 0 Å². The topological polar surface area (TPSA) is 12.0 Å². The van der Waals surface area contributed by atoms with E-state index < -0.39 is 0 Å². The first-order valence-corrected chi connectivity index (χ1v) is 8.49. The van der Waals surface area contributed by atoms with Gasteiger partial charge in [-0.15, -0.1) is 0 Å². The lowest BCUT2D eigenvalue weighted by molar-refractivity contribution is 0.523. The van der Waals surface area contributed by atoms with E-state index >= 15 is 0 Å². The predicted molar refractivity (Wildman–Crippen MR) is 80.2 cm³/mol. The van der Waals surface area contributed by atoms with Crippen molar-refractivity contribution in [2.24, 2.45) is 0 Å². The largest absolute Gasteiger partial charge is 0.310 e. The molecule has 2 fully saturated rings. The van der Waals surface area contributed by atoms with E-state index in [2.05, 4.69) is 35.8 Å². The Hall–Kier alpha value is -0.470. The van der Waals surface area contributed by atoms with E-state index in [9.17, 15) is 0 Å². The second-order valence-corrected chi connectivity index (χ2v) is 6.86. The van der Waals surface area contributed by atoms with Crippen LogP contribution in [0.25, 0.3) is 0 Å². The van der Waals surface area contributed by atoms with Crippen molar-refractivity contribution in [1.29, 1.82) is 0 Å². The molecule has 0 saturated heterocycles. The average Bonchev–Trinajstić information content (AvgIpc) is 3.16. The predicted octanol–water partition coefficient (Wildman–Crippen LogP) is 3.94. The van der Waals surface area contributed by atoms with Gasteiger partial charge in [-0.1, -0.05) is 24.3 Å². The van der Waals surface area contributed by atoms with E-state index in [1.54, 1.807) is 5.56 Å². The summed E-state index contributed by atoms with van der Waals surface area (Å²) in [6.07, 6.45) is 9.15. The Labute approximate surface area is 115 Å². The van der Waals surface area contributed by atoms with Gasteiger partial charge in [-0.3, -0.25) is 0 Å².